The number of carbonyl (C=O) groups is 1. The SMILES string of the molecule is Cc1ccc(CC2CCOC3(CCN(C(=O)c4ccc(C#N)cc4)CC3)C2)cc1. The highest BCUT2D eigenvalue weighted by Crippen LogP contribution is 2.39. The number of rotatable bonds is 3. The fraction of sp³-hybridized carbons (Fsp3) is 0.440. The van der Waals surface area contributed by atoms with Crippen LogP contribution in [-0.4, -0.2) is 36.1 Å². The second kappa shape index (κ2) is 8.39. The number of benzene rings is 2. The minimum atomic E-state index is -0.0743. The summed E-state index contributed by atoms with van der Waals surface area (Å²) >= 11 is 0. The first-order valence-electron chi connectivity index (χ1n) is 10.6. The third kappa shape index (κ3) is 4.52. The molecule has 0 aliphatic carbocycles. The highest BCUT2D eigenvalue weighted by Gasteiger charge is 2.41. The molecule has 1 spiro atoms. The van der Waals surface area contributed by atoms with Gasteiger partial charge in [-0.05, 0) is 74.8 Å². The van der Waals surface area contributed by atoms with E-state index in [1.165, 1.54) is 11.1 Å². The highest BCUT2D eigenvalue weighted by molar-refractivity contribution is 5.94. The third-order valence-corrected chi connectivity index (χ3v) is 6.46. The van der Waals surface area contributed by atoms with E-state index in [4.69, 9.17) is 10.00 Å². The molecule has 150 valence electrons. The second-order valence-electron chi connectivity index (χ2n) is 8.56. The molecule has 4 nitrogen and oxygen atoms in total. The lowest BCUT2D eigenvalue weighted by molar-refractivity contribution is -0.123. The predicted molar refractivity (Wildman–Crippen MR) is 113 cm³/mol. The lowest BCUT2D eigenvalue weighted by Crippen LogP contribution is -2.51. The van der Waals surface area contributed by atoms with Gasteiger partial charge >= 0.3 is 0 Å². The molecule has 0 saturated carbocycles. The van der Waals surface area contributed by atoms with Gasteiger partial charge in [0.2, 0.25) is 0 Å². The van der Waals surface area contributed by atoms with Crippen molar-refractivity contribution in [1.29, 1.82) is 5.26 Å². The lowest BCUT2D eigenvalue weighted by atomic mass is 9.77. The second-order valence-corrected chi connectivity index (χ2v) is 8.56. The summed E-state index contributed by atoms with van der Waals surface area (Å²) in [5.74, 6) is 0.698. The van der Waals surface area contributed by atoms with Crippen LogP contribution in [0.15, 0.2) is 48.5 Å². The summed E-state index contributed by atoms with van der Waals surface area (Å²) in [5.41, 5.74) is 3.87. The molecule has 0 N–H and O–H groups in total. The van der Waals surface area contributed by atoms with Crippen LogP contribution in [0.2, 0.25) is 0 Å². The number of aryl methyl sites for hydroxylation is 1. The number of hydrogen-bond donors (Lipinski definition) is 0. The van der Waals surface area contributed by atoms with Gasteiger partial charge in [-0.25, -0.2) is 0 Å². The topological polar surface area (TPSA) is 53.3 Å². The van der Waals surface area contributed by atoms with Gasteiger partial charge in [-0.2, -0.15) is 5.26 Å². The van der Waals surface area contributed by atoms with Crippen molar-refractivity contribution in [3.8, 4) is 6.07 Å². The fourth-order valence-corrected chi connectivity index (χ4v) is 4.70. The molecule has 4 heteroatoms. The Morgan fingerprint density at radius 3 is 2.48 bits per heavy atom. The summed E-state index contributed by atoms with van der Waals surface area (Å²) in [7, 11) is 0. The Balaban J connectivity index is 1.35. The van der Waals surface area contributed by atoms with Crippen LogP contribution in [0.5, 0.6) is 0 Å². The number of amides is 1. The smallest absolute Gasteiger partial charge is 0.253 e. The largest absolute Gasteiger partial charge is 0.375 e. The first-order valence-corrected chi connectivity index (χ1v) is 10.6. The van der Waals surface area contributed by atoms with Crippen LogP contribution in [0.3, 0.4) is 0 Å². The molecule has 0 bridgehead atoms. The van der Waals surface area contributed by atoms with E-state index in [0.717, 1.165) is 51.8 Å². The number of nitrogens with zero attached hydrogens (tertiary/aromatic N) is 2. The van der Waals surface area contributed by atoms with E-state index in [2.05, 4.69) is 37.3 Å². The van der Waals surface area contributed by atoms with Crippen molar-refractivity contribution in [3.05, 3.63) is 70.8 Å². The molecule has 2 aromatic rings. The summed E-state index contributed by atoms with van der Waals surface area (Å²) < 4.78 is 6.28. The summed E-state index contributed by atoms with van der Waals surface area (Å²) in [6.07, 6.45) is 5.11. The molecule has 1 amide bonds. The normalized spacial score (nSPS) is 21.0. The first-order chi connectivity index (χ1) is 14.1. The molecule has 2 aliphatic rings. The maximum atomic E-state index is 12.8. The monoisotopic (exact) mass is 388 g/mol. The highest BCUT2D eigenvalue weighted by atomic mass is 16.5. The maximum Gasteiger partial charge on any atom is 0.253 e. The van der Waals surface area contributed by atoms with Gasteiger partial charge in [-0.15, -0.1) is 0 Å². The summed E-state index contributed by atoms with van der Waals surface area (Å²) in [6.45, 7) is 4.41. The molecule has 2 aliphatic heterocycles. The molecule has 2 fully saturated rings. The number of nitriles is 1. The molecular weight excluding hydrogens is 360 g/mol. The fourth-order valence-electron chi connectivity index (χ4n) is 4.70. The van der Waals surface area contributed by atoms with Gasteiger partial charge in [0.1, 0.15) is 0 Å². The minimum absolute atomic E-state index is 0.0522. The number of carbonyl (C=O) groups excluding carboxylic acids is 1. The molecule has 1 atom stereocenters. The van der Waals surface area contributed by atoms with Crippen molar-refractivity contribution in [1.82, 2.24) is 4.90 Å². The molecule has 2 heterocycles. The molecule has 0 aromatic heterocycles. The quantitative estimate of drug-likeness (QED) is 0.777. The standard InChI is InChI=1S/C25H28N2O2/c1-19-2-4-20(5-3-19)16-22-10-15-29-25(17-22)11-13-27(14-12-25)24(28)23-8-6-21(18-26)7-9-23/h2-9,22H,10-17H2,1H3. The molecule has 29 heavy (non-hydrogen) atoms. The zero-order valence-corrected chi connectivity index (χ0v) is 17.1. The van der Waals surface area contributed by atoms with Crippen molar-refractivity contribution in [2.24, 2.45) is 5.92 Å². The van der Waals surface area contributed by atoms with Gasteiger partial charge in [0.15, 0.2) is 0 Å². The van der Waals surface area contributed by atoms with E-state index < -0.39 is 0 Å². The first kappa shape index (κ1) is 19.7. The Hall–Kier alpha value is -2.64. The number of likely N-dealkylation sites (tertiary alicyclic amines) is 1. The van der Waals surface area contributed by atoms with Gasteiger partial charge in [-0.3, -0.25) is 4.79 Å². The Bertz CT molecular complexity index is 888. The predicted octanol–water partition coefficient (Wildman–Crippen LogP) is 4.51. The molecule has 0 radical (unpaired) electrons. The van der Waals surface area contributed by atoms with Crippen molar-refractivity contribution < 1.29 is 9.53 Å². The zero-order chi connectivity index (χ0) is 20.3. The van der Waals surface area contributed by atoms with Crippen molar-refractivity contribution >= 4 is 5.91 Å². The van der Waals surface area contributed by atoms with E-state index in [0.29, 0.717) is 17.0 Å². The van der Waals surface area contributed by atoms with Crippen LogP contribution in [-0.2, 0) is 11.2 Å². The van der Waals surface area contributed by atoms with Crippen LogP contribution in [0, 0.1) is 24.2 Å². The van der Waals surface area contributed by atoms with Crippen molar-refractivity contribution in [3.63, 3.8) is 0 Å². The Kier molecular flexibility index (Phi) is 5.69. The third-order valence-electron chi connectivity index (χ3n) is 6.46. The van der Waals surface area contributed by atoms with Gasteiger partial charge in [0.25, 0.3) is 5.91 Å². The van der Waals surface area contributed by atoms with Gasteiger partial charge in [-0.1, -0.05) is 29.8 Å². The van der Waals surface area contributed by atoms with Crippen LogP contribution < -0.4 is 0 Å². The van der Waals surface area contributed by atoms with Crippen molar-refractivity contribution in [2.75, 3.05) is 19.7 Å². The van der Waals surface area contributed by atoms with Crippen LogP contribution in [0.25, 0.3) is 0 Å². The Labute approximate surface area is 173 Å². The average molecular weight is 389 g/mol. The maximum absolute atomic E-state index is 12.8. The van der Waals surface area contributed by atoms with Crippen molar-refractivity contribution in [2.45, 2.75) is 44.6 Å². The zero-order valence-electron chi connectivity index (χ0n) is 17.1. The molecule has 1 unspecified atom stereocenters. The van der Waals surface area contributed by atoms with E-state index in [1.807, 2.05) is 4.90 Å². The molecule has 4 rings (SSSR count). The number of ether oxygens (including phenoxy) is 1. The summed E-state index contributed by atoms with van der Waals surface area (Å²) in [5, 5.41) is 8.92. The van der Waals surface area contributed by atoms with E-state index in [1.54, 1.807) is 24.3 Å². The van der Waals surface area contributed by atoms with Crippen LogP contribution in [0.1, 0.15) is 52.7 Å². The minimum Gasteiger partial charge on any atom is -0.375 e. The summed E-state index contributed by atoms with van der Waals surface area (Å²) in [4.78, 5) is 14.7. The lowest BCUT2D eigenvalue weighted by Gasteiger charge is -2.46. The van der Waals surface area contributed by atoms with Gasteiger partial charge in [0, 0.05) is 25.3 Å². The van der Waals surface area contributed by atoms with E-state index in [-0.39, 0.29) is 11.5 Å². The number of hydrogen-bond acceptors (Lipinski definition) is 3. The number of piperidine rings is 1. The molecular formula is C25H28N2O2. The molecule has 2 aromatic carbocycles. The van der Waals surface area contributed by atoms with E-state index in [9.17, 15) is 4.79 Å². The average Bonchev–Trinajstić information content (AvgIpc) is 2.76. The Morgan fingerprint density at radius 2 is 1.83 bits per heavy atom. The van der Waals surface area contributed by atoms with Crippen LogP contribution in [0.4, 0.5) is 0 Å². The van der Waals surface area contributed by atoms with E-state index >= 15 is 0 Å². The summed E-state index contributed by atoms with van der Waals surface area (Å²) in [6, 6.07) is 17.9. The van der Waals surface area contributed by atoms with Gasteiger partial charge in [0.05, 0.1) is 17.2 Å². The van der Waals surface area contributed by atoms with Crippen LogP contribution >= 0.6 is 0 Å². The molecule has 2 saturated heterocycles. The van der Waals surface area contributed by atoms with Gasteiger partial charge < -0.3 is 9.64 Å². The Morgan fingerprint density at radius 1 is 1.14 bits per heavy atom.